The molecule has 0 saturated heterocycles. The molecule has 4 nitrogen and oxygen atoms in total. The van der Waals surface area contributed by atoms with E-state index in [-0.39, 0.29) is 5.69 Å². The van der Waals surface area contributed by atoms with Crippen molar-refractivity contribution in [2.75, 3.05) is 0 Å². The van der Waals surface area contributed by atoms with Gasteiger partial charge in [0.15, 0.2) is 5.69 Å². The van der Waals surface area contributed by atoms with Gasteiger partial charge in [-0.3, -0.25) is 0 Å². The number of hydrogen-bond donors (Lipinski definition) is 1. The molecule has 1 aliphatic carbocycles. The number of para-hydroxylation sites is 1. The van der Waals surface area contributed by atoms with Crippen LogP contribution in [0.2, 0.25) is 0 Å². The number of rotatable bonds is 2. The van der Waals surface area contributed by atoms with E-state index in [0.29, 0.717) is 12.1 Å². The Morgan fingerprint density at radius 2 is 2.11 bits per heavy atom. The van der Waals surface area contributed by atoms with Crippen molar-refractivity contribution in [1.29, 1.82) is 0 Å². The second kappa shape index (κ2) is 3.94. The van der Waals surface area contributed by atoms with Crippen molar-refractivity contribution in [2.24, 2.45) is 0 Å². The van der Waals surface area contributed by atoms with Crippen LogP contribution in [0, 0.1) is 5.82 Å². The van der Waals surface area contributed by atoms with Gasteiger partial charge in [0, 0.05) is 11.3 Å². The number of carboxylic acids is 1. The first kappa shape index (κ1) is 11.0. The highest BCUT2D eigenvalue weighted by Gasteiger charge is 2.27. The van der Waals surface area contributed by atoms with Crippen molar-refractivity contribution in [1.82, 2.24) is 9.78 Å². The molecule has 1 aromatic heterocycles. The Labute approximate surface area is 103 Å². The maximum Gasteiger partial charge on any atom is 0.356 e. The summed E-state index contributed by atoms with van der Waals surface area (Å²) in [6.45, 7) is 0. The maximum atomic E-state index is 13.7. The molecule has 1 aliphatic rings. The van der Waals surface area contributed by atoms with Crippen LogP contribution in [-0.2, 0) is 12.8 Å². The minimum absolute atomic E-state index is 0.0470. The zero-order chi connectivity index (χ0) is 12.7. The summed E-state index contributed by atoms with van der Waals surface area (Å²) < 4.78 is 15.2. The second-order valence-corrected chi connectivity index (χ2v) is 4.30. The van der Waals surface area contributed by atoms with Crippen LogP contribution in [0.25, 0.3) is 5.69 Å². The average Bonchev–Trinajstić information content (AvgIpc) is 2.90. The quantitative estimate of drug-likeness (QED) is 0.883. The van der Waals surface area contributed by atoms with Crippen molar-refractivity contribution in [3.05, 3.63) is 47.0 Å². The molecule has 0 spiro atoms. The van der Waals surface area contributed by atoms with Gasteiger partial charge >= 0.3 is 5.97 Å². The monoisotopic (exact) mass is 246 g/mol. The Bertz CT molecular complexity index is 634. The fourth-order valence-electron chi connectivity index (χ4n) is 2.43. The molecule has 0 aliphatic heterocycles. The van der Waals surface area contributed by atoms with E-state index in [1.54, 1.807) is 18.2 Å². The molecule has 0 saturated carbocycles. The Morgan fingerprint density at radius 1 is 1.33 bits per heavy atom. The summed E-state index contributed by atoms with van der Waals surface area (Å²) in [6, 6.07) is 6.26. The summed E-state index contributed by atoms with van der Waals surface area (Å²) in [4.78, 5) is 11.1. The highest BCUT2D eigenvalue weighted by atomic mass is 19.1. The lowest BCUT2D eigenvalue weighted by Gasteiger charge is -2.06. The molecule has 92 valence electrons. The molecule has 0 radical (unpaired) electrons. The Kier molecular flexibility index (Phi) is 2.40. The van der Waals surface area contributed by atoms with E-state index in [4.69, 9.17) is 5.11 Å². The van der Waals surface area contributed by atoms with Crippen molar-refractivity contribution in [2.45, 2.75) is 19.3 Å². The van der Waals surface area contributed by atoms with Crippen LogP contribution in [0.3, 0.4) is 0 Å². The van der Waals surface area contributed by atoms with Crippen LogP contribution in [0.5, 0.6) is 0 Å². The van der Waals surface area contributed by atoms with E-state index in [2.05, 4.69) is 5.10 Å². The molecule has 0 amide bonds. The maximum absolute atomic E-state index is 13.7. The molecule has 1 heterocycles. The molecule has 0 bridgehead atoms. The predicted molar refractivity (Wildman–Crippen MR) is 62.5 cm³/mol. The molecule has 1 N–H and O–H groups in total. The number of aromatic nitrogens is 2. The smallest absolute Gasteiger partial charge is 0.356 e. The molecule has 0 fully saturated rings. The third-order valence-electron chi connectivity index (χ3n) is 3.21. The number of hydrogen-bond acceptors (Lipinski definition) is 2. The Morgan fingerprint density at radius 3 is 2.83 bits per heavy atom. The number of aromatic carboxylic acids is 1. The summed E-state index contributed by atoms with van der Waals surface area (Å²) in [5.74, 6) is -1.45. The summed E-state index contributed by atoms with van der Waals surface area (Å²) >= 11 is 0. The second-order valence-electron chi connectivity index (χ2n) is 4.30. The van der Waals surface area contributed by atoms with Gasteiger partial charge in [-0.2, -0.15) is 5.10 Å². The van der Waals surface area contributed by atoms with E-state index in [1.807, 2.05) is 0 Å². The van der Waals surface area contributed by atoms with Crippen LogP contribution >= 0.6 is 0 Å². The van der Waals surface area contributed by atoms with Gasteiger partial charge < -0.3 is 5.11 Å². The molecule has 0 atom stereocenters. The van der Waals surface area contributed by atoms with Crippen molar-refractivity contribution in [3.8, 4) is 5.69 Å². The normalized spacial score (nSPS) is 13.6. The summed E-state index contributed by atoms with van der Waals surface area (Å²) in [5.41, 5.74) is 1.91. The van der Waals surface area contributed by atoms with Crippen LogP contribution in [0.4, 0.5) is 4.39 Å². The van der Waals surface area contributed by atoms with Crippen molar-refractivity contribution < 1.29 is 14.3 Å². The SMILES string of the molecule is O=C(O)c1nn(-c2ccccc2F)c2c1CCC2. The molecule has 3 rings (SSSR count). The van der Waals surface area contributed by atoms with E-state index >= 15 is 0 Å². The molecule has 1 aromatic carbocycles. The number of carbonyl (C=O) groups is 1. The zero-order valence-electron chi connectivity index (χ0n) is 9.56. The number of fused-ring (bicyclic) bond motifs is 1. The van der Waals surface area contributed by atoms with E-state index in [1.165, 1.54) is 10.7 Å². The first-order chi connectivity index (χ1) is 8.68. The van der Waals surface area contributed by atoms with Crippen LogP contribution in [0.1, 0.15) is 28.2 Å². The number of halogens is 1. The fraction of sp³-hybridized carbons (Fsp3) is 0.231. The highest BCUT2D eigenvalue weighted by molar-refractivity contribution is 5.87. The van der Waals surface area contributed by atoms with Gasteiger partial charge in [0.05, 0.1) is 0 Å². The Balaban J connectivity index is 2.23. The van der Waals surface area contributed by atoms with Gasteiger partial charge in [0.1, 0.15) is 11.5 Å². The third kappa shape index (κ3) is 1.51. The number of carboxylic acid groups (broad SMARTS) is 1. The molecule has 18 heavy (non-hydrogen) atoms. The van der Waals surface area contributed by atoms with Gasteiger partial charge in [-0.05, 0) is 31.4 Å². The van der Waals surface area contributed by atoms with Gasteiger partial charge in [-0.25, -0.2) is 13.9 Å². The lowest BCUT2D eigenvalue weighted by atomic mass is 10.2. The number of benzene rings is 1. The number of nitrogens with zero attached hydrogens (tertiary/aromatic N) is 2. The van der Waals surface area contributed by atoms with Gasteiger partial charge in [0.2, 0.25) is 0 Å². The molecular weight excluding hydrogens is 235 g/mol. The minimum atomic E-state index is -1.05. The van der Waals surface area contributed by atoms with E-state index in [0.717, 1.165) is 24.1 Å². The zero-order valence-corrected chi connectivity index (χ0v) is 9.56. The topological polar surface area (TPSA) is 55.1 Å². The van der Waals surface area contributed by atoms with Crippen LogP contribution in [0.15, 0.2) is 24.3 Å². The van der Waals surface area contributed by atoms with E-state index in [9.17, 15) is 9.18 Å². The summed E-state index contributed by atoms with van der Waals surface area (Å²) in [7, 11) is 0. The highest BCUT2D eigenvalue weighted by Crippen LogP contribution is 2.28. The molecule has 5 heteroatoms. The van der Waals surface area contributed by atoms with Crippen LogP contribution in [-0.4, -0.2) is 20.9 Å². The predicted octanol–water partition coefficient (Wildman–Crippen LogP) is 2.20. The van der Waals surface area contributed by atoms with Crippen LogP contribution < -0.4 is 0 Å². The van der Waals surface area contributed by atoms with E-state index < -0.39 is 11.8 Å². The standard InChI is InChI=1S/C13H11FN2O2/c14-9-5-1-2-6-11(9)16-10-7-3-4-8(10)12(15-16)13(17)18/h1-2,5-6H,3-4,7H2,(H,17,18). The summed E-state index contributed by atoms with van der Waals surface area (Å²) in [6.07, 6.45) is 2.33. The van der Waals surface area contributed by atoms with Crippen molar-refractivity contribution >= 4 is 5.97 Å². The Hall–Kier alpha value is -2.17. The third-order valence-corrected chi connectivity index (χ3v) is 3.21. The summed E-state index contributed by atoms with van der Waals surface area (Å²) in [5, 5.41) is 13.1. The van der Waals surface area contributed by atoms with Gasteiger partial charge in [-0.1, -0.05) is 12.1 Å². The largest absolute Gasteiger partial charge is 0.476 e. The lowest BCUT2D eigenvalue weighted by Crippen LogP contribution is -2.06. The molecule has 0 unspecified atom stereocenters. The minimum Gasteiger partial charge on any atom is -0.476 e. The molecular formula is C13H11FN2O2. The molecule has 2 aromatic rings. The average molecular weight is 246 g/mol. The van der Waals surface area contributed by atoms with Gasteiger partial charge in [0.25, 0.3) is 0 Å². The van der Waals surface area contributed by atoms with Gasteiger partial charge in [-0.15, -0.1) is 0 Å². The van der Waals surface area contributed by atoms with Crippen molar-refractivity contribution in [3.63, 3.8) is 0 Å². The fourth-order valence-corrected chi connectivity index (χ4v) is 2.43. The first-order valence-electron chi connectivity index (χ1n) is 5.77. The first-order valence-corrected chi connectivity index (χ1v) is 5.77. The lowest BCUT2D eigenvalue weighted by molar-refractivity contribution is 0.0689.